The van der Waals surface area contributed by atoms with Crippen molar-refractivity contribution in [2.75, 3.05) is 5.32 Å². The minimum Gasteiger partial charge on any atom is -0.451 e. The summed E-state index contributed by atoms with van der Waals surface area (Å²) in [5.41, 5.74) is 2.29. The van der Waals surface area contributed by atoms with Crippen LogP contribution in [-0.4, -0.2) is 5.91 Å². The number of hydrogen-bond acceptors (Lipinski definition) is 2. The molecule has 0 saturated carbocycles. The van der Waals surface area contributed by atoms with Gasteiger partial charge in [0.25, 0.3) is 5.91 Å². The lowest BCUT2D eigenvalue weighted by Crippen LogP contribution is -2.11. The summed E-state index contributed by atoms with van der Waals surface area (Å²) >= 11 is 9.30. The SMILES string of the molecule is Cc1cc(Cl)ccc1NC(=O)c1cc2cc(Br)ccc2o1. The average molecular weight is 365 g/mol. The minimum atomic E-state index is -0.284. The number of hydrogen-bond donors (Lipinski definition) is 1. The first-order valence-electron chi connectivity index (χ1n) is 6.29. The maximum atomic E-state index is 12.3. The van der Waals surface area contributed by atoms with E-state index in [0.29, 0.717) is 16.3 Å². The number of carbonyl (C=O) groups excluding carboxylic acids is 1. The average Bonchev–Trinajstić information content (AvgIpc) is 2.85. The third-order valence-corrected chi connectivity index (χ3v) is 3.87. The summed E-state index contributed by atoms with van der Waals surface area (Å²) in [5, 5.41) is 4.34. The highest BCUT2D eigenvalue weighted by molar-refractivity contribution is 9.10. The Morgan fingerprint density at radius 3 is 2.76 bits per heavy atom. The van der Waals surface area contributed by atoms with Crippen LogP contribution in [0.3, 0.4) is 0 Å². The molecule has 0 bridgehead atoms. The summed E-state index contributed by atoms with van der Waals surface area (Å²) in [6.45, 7) is 1.89. The molecule has 1 amide bonds. The highest BCUT2D eigenvalue weighted by Crippen LogP contribution is 2.25. The van der Waals surface area contributed by atoms with Crippen LogP contribution in [0.1, 0.15) is 16.1 Å². The van der Waals surface area contributed by atoms with Crippen molar-refractivity contribution >= 4 is 50.1 Å². The highest BCUT2D eigenvalue weighted by atomic mass is 79.9. The van der Waals surface area contributed by atoms with Gasteiger partial charge in [-0.25, -0.2) is 0 Å². The van der Waals surface area contributed by atoms with E-state index in [0.717, 1.165) is 15.4 Å². The van der Waals surface area contributed by atoms with E-state index in [1.165, 1.54) is 0 Å². The van der Waals surface area contributed by atoms with Crippen LogP contribution in [0.2, 0.25) is 5.02 Å². The van der Waals surface area contributed by atoms with Crippen LogP contribution in [0.5, 0.6) is 0 Å². The predicted octanol–water partition coefficient (Wildman–Crippen LogP) is 5.41. The molecule has 3 nitrogen and oxygen atoms in total. The third-order valence-electron chi connectivity index (χ3n) is 3.14. The number of benzene rings is 2. The Balaban J connectivity index is 1.89. The van der Waals surface area contributed by atoms with Gasteiger partial charge >= 0.3 is 0 Å². The van der Waals surface area contributed by atoms with Gasteiger partial charge in [0.2, 0.25) is 0 Å². The lowest BCUT2D eigenvalue weighted by atomic mass is 10.2. The first kappa shape index (κ1) is 14.2. The number of nitrogens with one attached hydrogen (secondary N) is 1. The topological polar surface area (TPSA) is 42.2 Å². The summed E-state index contributed by atoms with van der Waals surface area (Å²) in [7, 11) is 0. The number of rotatable bonds is 2. The van der Waals surface area contributed by atoms with Crippen molar-refractivity contribution in [2.24, 2.45) is 0 Å². The molecule has 0 spiro atoms. The van der Waals surface area contributed by atoms with Crippen LogP contribution >= 0.6 is 27.5 Å². The number of carbonyl (C=O) groups is 1. The Bertz CT molecular complexity index is 841. The molecule has 0 aliphatic carbocycles. The number of anilines is 1. The van der Waals surface area contributed by atoms with Gasteiger partial charge < -0.3 is 9.73 Å². The Morgan fingerprint density at radius 2 is 2.00 bits per heavy atom. The van der Waals surface area contributed by atoms with Crippen molar-refractivity contribution in [3.8, 4) is 0 Å². The van der Waals surface area contributed by atoms with E-state index in [1.54, 1.807) is 24.3 Å². The van der Waals surface area contributed by atoms with Crippen LogP contribution in [-0.2, 0) is 0 Å². The van der Waals surface area contributed by atoms with Crippen LogP contribution in [0.15, 0.2) is 51.4 Å². The minimum absolute atomic E-state index is 0.275. The zero-order valence-corrected chi connectivity index (χ0v) is 13.5. The van der Waals surface area contributed by atoms with E-state index in [4.69, 9.17) is 16.0 Å². The molecule has 5 heteroatoms. The van der Waals surface area contributed by atoms with Crippen molar-refractivity contribution in [2.45, 2.75) is 6.92 Å². The molecule has 106 valence electrons. The van der Waals surface area contributed by atoms with Gasteiger partial charge in [0.1, 0.15) is 5.58 Å². The summed E-state index contributed by atoms with van der Waals surface area (Å²) < 4.78 is 6.50. The molecule has 0 aliphatic rings. The zero-order valence-electron chi connectivity index (χ0n) is 11.1. The summed E-state index contributed by atoms with van der Waals surface area (Å²) in [6.07, 6.45) is 0. The number of amides is 1. The van der Waals surface area contributed by atoms with E-state index in [2.05, 4.69) is 21.2 Å². The van der Waals surface area contributed by atoms with E-state index in [1.807, 2.05) is 25.1 Å². The van der Waals surface area contributed by atoms with Gasteiger partial charge in [0, 0.05) is 20.6 Å². The van der Waals surface area contributed by atoms with Crippen molar-refractivity contribution in [3.05, 3.63) is 63.3 Å². The fourth-order valence-corrected chi connectivity index (χ4v) is 2.68. The van der Waals surface area contributed by atoms with Gasteiger partial charge in [-0.3, -0.25) is 4.79 Å². The lowest BCUT2D eigenvalue weighted by molar-refractivity contribution is 0.0998. The maximum absolute atomic E-state index is 12.3. The summed E-state index contributed by atoms with van der Waals surface area (Å²) in [4.78, 5) is 12.3. The zero-order chi connectivity index (χ0) is 15.0. The van der Waals surface area contributed by atoms with Crippen molar-refractivity contribution < 1.29 is 9.21 Å². The standard InChI is InChI=1S/C16H11BrClNO2/c1-9-6-12(18)3-4-13(9)19-16(20)15-8-10-7-11(17)2-5-14(10)21-15/h2-8H,1H3,(H,19,20). The molecule has 0 saturated heterocycles. The molecule has 3 rings (SSSR count). The Kier molecular flexibility index (Phi) is 3.74. The molecule has 0 aliphatic heterocycles. The first-order chi connectivity index (χ1) is 10.0. The maximum Gasteiger partial charge on any atom is 0.291 e. The molecule has 0 unspecified atom stereocenters. The largest absolute Gasteiger partial charge is 0.451 e. The summed E-state index contributed by atoms with van der Waals surface area (Å²) in [5.74, 6) is -0.00908. The molecular weight excluding hydrogens is 354 g/mol. The number of aryl methyl sites for hydroxylation is 1. The Hall–Kier alpha value is -1.78. The molecular formula is C16H11BrClNO2. The van der Waals surface area contributed by atoms with Crippen molar-refractivity contribution in [1.82, 2.24) is 0 Å². The second-order valence-electron chi connectivity index (χ2n) is 4.71. The van der Waals surface area contributed by atoms with Gasteiger partial charge in [0.15, 0.2) is 5.76 Å². The van der Waals surface area contributed by atoms with Crippen LogP contribution in [0, 0.1) is 6.92 Å². The molecule has 3 aromatic rings. The second-order valence-corrected chi connectivity index (χ2v) is 6.06. The highest BCUT2D eigenvalue weighted by Gasteiger charge is 2.13. The molecule has 0 radical (unpaired) electrons. The van der Waals surface area contributed by atoms with Crippen LogP contribution < -0.4 is 5.32 Å². The second kappa shape index (κ2) is 5.54. The van der Waals surface area contributed by atoms with E-state index in [9.17, 15) is 4.79 Å². The lowest BCUT2D eigenvalue weighted by Gasteiger charge is -2.06. The van der Waals surface area contributed by atoms with Crippen LogP contribution in [0.25, 0.3) is 11.0 Å². The van der Waals surface area contributed by atoms with Crippen molar-refractivity contribution in [3.63, 3.8) is 0 Å². The van der Waals surface area contributed by atoms with Gasteiger partial charge in [-0.15, -0.1) is 0 Å². The van der Waals surface area contributed by atoms with Gasteiger partial charge in [-0.2, -0.15) is 0 Å². The number of furan rings is 1. The van der Waals surface area contributed by atoms with Gasteiger partial charge in [0.05, 0.1) is 0 Å². The molecule has 0 fully saturated rings. The van der Waals surface area contributed by atoms with Crippen molar-refractivity contribution in [1.29, 1.82) is 0 Å². The predicted molar refractivity (Wildman–Crippen MR) is 88.1 cm³/mol. The molecule has 1 heterocycles. The molecule has 21 heavy (non-hydrogen) atoms. The number of halogens is 2. The molecule has 2 aromatic carbocycles. The summed E-state index contributed by atoms with van der Waals surface area (Å²) in [6, 6.07) is 12.6. The third kappa shape index (κ3) is 2.96. The van der Waals surface area contributed by atoms with E-state index < -0.39 is 0 Å². The molecule has 1 aromatic heterocycles. The smallest absolute Gasteiger partial charge is 0.291 e. The van der Waals surface area contributed by atoms with Gasteiger partial charge in [-0.05, 0) is 55.0 Å². The van der Waals surface area contributed by atoms with E-state index in [-0.39, 0.29) is 11.7 Å². The molecule has 1 N–H and O–H groups in total. The Morgan fingerprint density at radius 1 is 1.19 bits per heavy atom. The monoisotopic (exact) mass is 363 g/mol. The quantitative estimate of drug-likeness (QED) is 0.660. The molecule has 0 atom stereocenters. The fraction of sp³-hybridized carbons (Fsp3) is 0.0625. The number of fused-ring (bicyclic) bond motifs is 1. The fourth-order valence-electron chi connectivity index (χ4n) is 2.08. The Labute approximate surface area is 135 Å². The van der Waals surface area contributed by atoms with Crippen LogP contribution in [0.4, 0.5) is 5.69 Å². The van der Waals surface area contributed by atoms with Gasteiger partial charge in [-0.1, -0.05) is 27.5 Å². The first-order valence-corrected chi connectivity index (χ1v) is 7.46. The van der Waals surface area contributed by atoms with E-state index >= 15 is 0 Å². The normalized spacial score (nSPS) is 10.8.